The van der Waals surface area contributed by atoms with Crippen molar-refractivity contribution in [1.82, 2.24) is 5.32 Å². The number of nitrogens with one attached hydrogen (secondary N) is 1. The maximum Gasteiger partial charge on any atom is 0.338 e. The van der Waals surface area contributed by atoms with E-state index >= 15 is 0 Å². The minimum Gasteiger partial charge on any atom is -0.493 e. The van der Waals surface area contributed by atoms with Gasteiger partial charge in [-0.2, -0.15) is 0 Å². The van der Waals surface area contributed by atoms with Crippen LogP contribution in [0.15, 0.2) is 42.5 Å². The largest absolute Gasteiger partial charge is 0.493 e. The zero-order valence-electron chi connectivity index (χ0n) is 18.3. The molecule has 1 aliphatic carbocycles. The van der Waals surface area contributed by atoms with Crippen molar-refractivity contribution >= 4 is 29.3 Å². The number of ether oxygens (including phenoxy) is 3. The van der Waals surface area contributed by atoms with E-state index in [2.05, 4.69) is 5.32 Å². The highest BCUT2D eigenvalue weighted by Crippen LogP contribution is 2.28. The molecule has 0 spiro atoms. The molecule has 0 aromatic heterocycles. The second-order valence-electron chi connectivity index (χ2n) is 7.88. The van der Waals surface area contributed by atoms with Gasteiger partial charge >= 0.3 is 5.97 Å². The summed E-state index contributed by atoms with van der Waals surface area (Å²) in [6.45, 7) is -0.451. The molecule has 2 aromatic carbocycles. The van der Waals surface area contributed by atoms with E-state index < -0.39 is 24.4 Å². The van der Waals surface area contributed by atoms with E-state index in [1.54, 1.807) is 12.1 Å². The third-order valence-electron chi connectivity index (χ3n) is 5.56. The van der Waals surface area contributed by atoms with Crippen LogP contribution < -0.4 is 19.7 Å². The Balaban J connectivity index is 1.36. The Kier molecular flexibility index (Phi) is 6.41. The molecular weight excluding hydrogens is 428 g/mol. The highest BCUT2D eigenvalue weighted by atomic mass is 16.5. The van der Waals surface area contributed by atoms with E-state index in [-0.39, 0.29) is 23.8 Å². The van der Waals surface area contributed by atoms with Gasteiger partial charge in [0.25, 0.3) is 5.91 Å². The molecule has 0 radical (unpaired) electrons. The minimum absolute atomic E-state index is 0.122. The van der Waals surface area contributed by atoms with E-state index in [0.717, 1.165) is 17.7 Å². The molecule has 1 saturated heterocycles. The summed E-state index contributed by atoms with van der Waals surface area (Å²) in [7, 11) is 2.95. The standard InChI is InChI=1S/C24H24N2O7/c1-31-20-10-5-15(11-21(20)32-2)19(27)13-33-24(30)14-3-8-17(9-4-14)26-22(28)12-18(23(26)29)25-16-6-7-16/h3-5,8-11,16,18,25H,6-7,12-13H2,1-2H3. The number of amides is 2. The van der Waals surface area contributed by atoms with Crippen molar-refractivity contribution in [2.45, 2.75) is 31.3 Å². The molecule has 9 nitrogen and oxygen atoms in total. The van der Waals surface area contributed by atoms with E-state index in [1.807, 2.05) is 0 Å². The third-order valence-corrected chi connectivity index (χ3v) is 5.56. The first-order chi connectivity index (χ1) is 15.9. The molecule has 1 saturated carbocycles. The quantitative estimate of drug-likeness (QED) is 0.350. The molecule has 1 unspecified atom stereocenters. The van der Waals surface area contributed by atoms with Gasteiger partial charge in [-0.1, -0.05) is 0 Å². The summed E-state index contributed by atoms with van der Waals surface area (Å²) in [5.41, 5.74) is 0.907. The van der Waals surface area contributed by atoms with Crippen LogP contribution >= 0.6 is 0 Å². The summed E-state index contributed by atoms with van der Waals surface area (Å²) in [6.07, 6.45) is 2.16. The van der Waals surface area contributed by atoms with Gasteiger partial charge in [-0.25, -0.2) is 9.69 Å². The van der Waals surface area contributed by atoms with Crippen LogP contribution in [0.1, 0.15) is 40.0 Å². The number of methoxy groups -OCH3 is 2. The number of carbonyl (C=O) groups is 4. The van der Waals surface area contributed by atoms with Gasteiger partial charge in [0.2, 0.25) is 5.91 Å². The van der Waals surface area contributed by atoms with Gasteiger partial charge < -0.3 is 19.5 Å². The second-order valence-corrected chi connectivity index (χ2v) is 7.88. The maximum absolute atomic E-state index is 12.6. The average Bonchev–Trinajstić information content (AvgIpc) is 3.61. The van der Waals surface area contributed by atoms with Crippen LogP contribution in [-0.2, 0) is 14.3 Å². The minimum atomic E-state index is -0.692. The highest BCUT2D eigenvalue weighted by Gasteiger charge is 2.41. The van der Waals surface area contributed by atoms with Crippen molar-refractivity contribution in [2.75, 3.05) is 25.7 Å². The highest BCUT2D eigenvalue weighted by molar-refractivity contribution is 6.22. The monoisotopic (exact) mass is 452 g/mol. The molecule has 2 fully saturated rings. The number of esters is 1. The fraction of sp³-hybridized carbons (Fsp3) is 0.333. The van der Waals surface area contributed by atoms with Crippen molar-refractivity contribution < 1.29 is 33.4 Å². The number of ketones is 1. The van der Waals surface area contributed by atoms with Crippen LogP contribution in [0, 0.1) is 0 Å². The molecule has 2 aromatic rings. The number of rotatable bonds is 9. The van der Waals surface area contributed by atoms with Crippen LogP contribution in [0.25, 0.3) is 0 Å². The van der Waals surface area contributed by atoms with Crippen molar-refractivity contribution in [1.29, 1.82) is 0 Å². The fourth-order valence-corrected chi connectivity index (χ4v) is 3.62. The number of anilines is 1. The number of hydrogen-bond acceptors (Lipinski definition) is 8. The van der Waals surface area contributed by atoms with Crippen LogP contribution in [0.3, 0.4) is 0 Å². The molecule has 9 heteroatoms. The van der Waals surface area contributed by atoms with Gasteiger partial charge in [-0.15, -0.1) is 0 Å². The Morgan fingerprint density at radius 3 is 2.27 bits per heavy atom. The van der Waals surface area contributed by atoms with E-state index in [0.29, 0.717) is 28.8 Å². The predicted molar refractivity (Wildman–Crippen MR) is 118 cm³/mol. The van der Waals surface area contributed by atoms with Crippen molar-refractivity contribution in [3.8, 4) is 11.5 Å². The first kappa shape index (κ1) is 22.5. The molecule has 1 heterocycles. The predicted octanol–water partition coefficient (Wildman–Crippen LogP) is 2.13. The van der Waals surface area contributed by atoms with Crippen molar-refractivity contribution in [3.05, 3.63) is 53.6 Å². The molecule has 2 amide bonds. The third kappa shape index (κ3) is 4.88. The Labute approximate surface area is 190 Å². The molecule has 2 aliphatic rings. The summed E-state index contributed by atoms with van der Waals surface area (Å²) in [5.74, 6) is -0.788. The van der Waals surface area contributed by atoms with E-state index in [1.165, 1.54) is 44.6 Å². The lowest BCUT2D eigenvalue weighted by Crippen LogP contribution is -2.39. The summed E-state index contributed by atoms with van der Waals surface area (Å²) in [4.78, 5) is 50.8. The lowest BCUT2D eigenvalue weighted by molar-refractivity contribution is -0.121. The number of imide groups is 1. The Morgan fingerprint density at radius 1 is 0.970 bits per heavy atom. The van der Waals surface area contributed by atoms with Gasteiger partial charge in [0, 0.05) is 11.6 Å². The SMILES string of the molecule is COc1ccc(C(=O)COC(=O)c2ccc(N3C(=O)CC(NC4CC4)C3=O)cc2)cc1OC. The van der Waals surface area contributed by atoms with Crippen LogP contribution in [0.4, 0.5) is 5.69 Å². The normalized spacial score (nSPS) is 17.8. The van der Waals surface area contributed by atoms with Crippen molar-refractivity contribution in [2.24, 2.45) is 0 Å². The smallest absolute Gasteiger partial charge is 0.338 e. The van der Waals surface area contributed by atoms with Crippen LogP contribution in [-0.4, -0.2) is 56.5 Å². The van der Waals surface area contributed by atoms with Gasteiger partial charge in [0.05, 0.1) is 37.9 Å². The molecule has 172 valence electrons. The number of Topliss-reactive ketones (excluding diaryl/α,β-unsaturated/α-hetero) is 1. The second kappa shape index (κ2) is 9.41. The molecule has 4 rings (SSSR count). The lowest BCUT2D eigenvalue weighted by Gasteiger charge is -2.16. The molecule has 1 atom stereocenters. The van der Waals surface area contributed by atoms with Crippen molar-refractivity contribution in [3.63, 3.8) is 0 Å². The molecule has 1 N–H and O–H groups in total. The first-order valence-electron chi connectivity index (χ1n) is 10.6. The summed E-state index contributed by atoms with van der Waals surface area (Å²) >= 11 is 0. The van der Waals surface area contributed by atoms with E-state index in [4.69, 9.17) is 14.2 Å². The topological polar surface area (TPSA) is 111 Å². The molecular formula is C24H24N2O7. The Hall–Kier alpha value is -3.72. The van der Waals surface area contributed by atoms with E-state index in [9.17, 15) is 19.2 Å². The van der Waals surface area contributed by atoms with Gasteiger partial charge in [-0.3, -0.25) is 14.4 Å². The summed E-state index contributed by atoms with van der Waals surface area (Å²) in [6, 6.07) is 10.4. The number of hydrogen-bond donors (Lipinski definition) is 1. The fourth-order valence-electron chi connectivity index (χ4n) is 3.62. The van der Waals surface area contributed by atoms with Gasteiger partial charge in [-0.05, 0) is 55.3 Å². The zero-order chi connectivity index (χ0) is 23.5. The summed E-state index contributed by atoms with van der Waals surface area (Å²) in [5, 5.41) is 3.18. The van der Waals surface area contributed by atoms with Crippen LogP contribution in [0.2, 0.25) is 0 Å². The number of nitrogens with zero attached hydrogens (tertiary/aromatic N) is 1. The Morgan fingerprint density at radius 2 is 1.64 bits per heavy atom. The van der Waals surface area contributed by atoms with Gasteiger partial charge in [0.15, 0.2) is 23.9 Å². The maximum atomic E-state index is 12.6. The molecule has 1 aliphatic heterocycles. The molecule has 0 bridgehead atoms. The number of benzene rings is 2. The Bertz CT molecular complexity index is 1090. The lowest BCUT2D eigenvalue weighted by atomic mass is 10.1. The average molecular weight is 452 g/mol. The van der Waals surface area contributed by atoms with Gasteiger partial charge in [0.1, 0.15) is 0 Å². The molecule has 33 heavy (non-hydrogen) atoms. The van der Waals surface area contributed by atoms with Crippen LogP contribution in [0.5, 0.6) is 11.5 Å². The zero-order valence-corrected chi connectivity index (χ0v) is 18.3. The number of carbonyl (C=O) groups excluding carboxylic acids is 4. The first-order valence-corrected chi connectivity index (χ1v) is 10.6. The summed E-state index contributed by atoms with van der Waals surface area (Å²) < 4.78 is 15.5.